The van der Waals surface area contributed by atoms with E-state index in [0.717, 1.165) is 18.4 Å². The number of hydrogen-bond donors (Lipinski definition) is 1. The fourth-order valence-corrected chi connectivity index (χ4v) is 4.75. The number of carbonyl (C=O) groups is 2. The molecule has 4 atom stereocenters. The lowest BCUT2D eigenvalue weighted by Crippen LogP contribution is -2.47. The Morgan fingerprint density at radius 1 is 1.19 bits per heavy atom. The van der Waals surface area contributed by atoms with Gasteiger partial charge in [-0.05, 0) is 75.5 Å². The molecule has 1 aliphatic heterocycles. The van der Waals surface area contributed by atoms with Gasteiger partial charge in [0.25, 0.3) is 0 Å². The molecule has 0 saturated carbocycles. The number of alkyl carbamates (subject to hydrolysis) is 1. The van der Waals surface area contributed by atoms with E-state index < -0.39 is 17.8 Å². The molecule has 37 heavy (non-hydrogen) atoms. The zero-order valence-corrected chi connectivity index (χ0v) is 24.5. The highest BCUT2D eigenvalue weighted by Crippen LogP contribution is 2.34. The Morgan fingerprint density at radius 2 is 1.89 bits per heavy atom. The molecule has 1 aromatic carbocycles. The average Bonchev–Trinajstić information content (AvgIpc) is 3.18. The molecular formula is C29H46ClNO6. The lowest BCUT2D eigenvalue weighted by molar-refractivity contribution is -0.146. The van der Waals surface area contributed by atoms with Gasteiger partial charge in [0.2, 0.25) is 0 Å². The molecule has 1 amide bonds. The number of benzene rings is 1. The molecule has 1 fully saturated rings. The normalized spacial score (nSPS) is 19.6. The summed E-state index contributed by atoms with van der Waals surface area (Å²) in [6, 6.07) is 5.51. The maximum atomic E-state index is 12.7. The Balaban J connectivity index is 2.20. The third-order valence-electron chi connectivity index (χ3n) is 6.76. The average molecular weight is 540 g/mol. The number of halogens is 1. The first-order chi connectivity index (χ1) is 17.3. The molecule has 0 aromatic heterocycles. The topological polar surface area (TPSA) is 83.1 Å². The summed E-state index contributed by atoms with van der Waals surface area (Å²) >= 11 is 6.38. The molecule has 2 rings (SSSR count). The van der Waals surface area contributed by atoms with Crippen LogP contribution in [0.25, 0.3) is 0 Å². The summed E-state index contributed by atoms with van der Waals surface area (Å²) in [5.41, 5.74) is 0.478. The van der Waals surface area contributed by atoms with E-state index in [0.29, 0.717) is 42.7 Å². The van der Waals surface area contributed by atoms with Crippen LogP contribution in [0.5, 0.6) is 5.75 Å². The number of hydrogen-bond acceptors (Lipinski definition) is 6. The quantitative estimate of drug-likeness (QED) is 0.229. The van der Waals surface area contributed by atoms with E-state index >= 15 is 0 Å². The Bertz CT molecular complexity index is 882. The molecule has 210 valence electrons. The Labute approximate surface area is 227 Å². The maximum absolute atomic E-state index is 12.7. The highest BCUT2D eigenvalue weighted by atomic mass is 35.5. The van der Waals surface area contributed by atoms with Gasteiger partial charge < -0.3 is 24.3 Å². The smallest absolute Gasteiger partial charge is 0.408 e. The molecule has 0 aliphatic carbocycles. The van der Waals surface area contributed by atoms with Gasteiger partial charge in [-0.15, -0.1) is 0 Å². The van der Waals surface area contributed by atoms with Crippen molar-refractivity contribution in [1.82, 2.24) is 5.32 Å². The molecule has 7 nitrogen and oxygen atoms in total. The number of esters is 1. The third kappa shape index (κ3) is 10.4. The highest BCUT2D eigenvalue weighted by Gasteiger charge is 2.42. The number of nitrogens with one attached hydrogen (secondary N) is 1. The predicted octanol–water partition coefficient (Wildman–Crippen LogP) is 6.44. The first-order valence-electron chi connectivity index (χ1n) is 13.4. The van der Waals surface area contributed by atoms with Crippen LogP contribution in [0.4, 0.5) is 4.79 Å². The number of methoxy groups -OCH3 is 1. The number of amides is 1. The minimum Gasteiger partial charge on any atom is -0.492 e. The molecule has 1 N–H and O–H groups in total. The van der Waals surface area contributed by atoms with Gasteiger partial charge in [-0.3, -0.25) is 4.79 Å². The van der Waals surface area contributed by atoms with E-state index in [9.17, 15) is 9.59 Å². The van der Waals surface area contributed by atoms with E-state index in [1.54, 1.807) is 7.11 Å². The van der Waals surface area contributed by atoms with Crippen LogP contribution in [-0.4, -0.2) is 50.1 Å². The molecule has 0 spiro atoms. The summed E-state index contributed by atoms with van der Waals surface area (Å²) in [6.07, 6.45) is 1.89. The number of cyclic esters (lactones) is 1. The maximum Gasteiger partial charge on any atom is 0.408 e. The van der Waals surface area contributed by atoms with Crippen molar-refractivity contribution in [3.63, 3.8) is 0 Å². The summed E-state index contributed by atoms with van der Waals surface area (Å²) in [4.78, 5) is 25.3. The zero-order chi connectivity index (χ0) is 27.8. The minimum atomic E-state index is -0.623. The van der Waals surface area contributed by atoms with Gasteiger partial charge in [-0.2, -0.15) is 0 Å². The fourth-order valence-electron chi connectivity index (χ4n) is 4.58. The van der Waals surface area contributed by atoms with Crippen molar-refractivity contribution in [2.24, 2.45) is 23.7 Å². The molecular weight excluding hydrogens is 494 g/mol. The molecule has 1 saturated heterocycles. The standard InChI is InChI=1S/C29H46ClNO6/c1-18(2)21(14-20-10-11-23(30)25(15-20)35-13-9-12-34-8)16-24(31-28(33)37-29(5,6)7)26-17-22(19(3)4)27(32)36-26/h10-11,15,18-19,21-22,24,26H,9,12-14,16-17H2,1-8H3,(H,31,33). The monoisotopic (exact) mass is 539 g/mol. The van der Waals surface area contributed by atoms with Crippen LogP contribution >= 0.6 is 11.6 Å². The zero-order valence-electron chi connectivity index (χ0n) is 23.8. The minimum absolute atomic E-state index is 0.167. The van der Waals surface area contributed by atoms with Gasteiger partial charge in [-0.1, -0.05) is 45.4 Å². The summed E-state index contributed by atoms with van der Waals surface area (Å²) < 4.78 is 22.3. The van der Waals surface area contributed by atoms with Crippen LogP contribution in [0.1, 0.15) is 73.3 Å². The summed E-state index contributed by atoms with van der Waals surface area (Å²) in [7, 11) is 1.67. The van der Waals surface area contributed by atoms with Crippen molar-refractivity contribution in [1.29, 1.82) is 0 Å². The largest absolute Gasteiger partial charge is 0.492 e. The molecule has 1 heterocycles. The number of ether oxygens (including phenoxy) is 4. The van der Waals surface area contributed by atoms with Crippen LogP contribution in [0.3, 0.4) is 0 Å². The molecule has 4 unspecified atom stereocenters. The van der Waals surface area contributed by atoms with Crippen LogP contribution in [0.2, 0.25) is 5.02 Å². The molecule has 8 heteroatoms. The molecule has 0 bridgehead atoms. The first-order valence-corrected chi connectivity index (χ1v) is 13.8. The van der Waals surface area contributed by atoms with Crippen LogP contribution < -0.4 is 10.1 Å². The van der Waals surface area contributed by atoms with Crippen molar-refractivity contribution in [3.05, 3.63) is 28.8 Å². The predicted molar refractivity (Wildman–Crippen MR) is 146 cm³/mol. The third-order valence-corrected chi connectivity index (χ3v) is 7.07. The van der Waals surface area contributed by atoms with Crippen molar-refractivity contribution in [3.8, 4) is 5.75 Å². The Morgan fingerprint density at radius 3 is 2.46 bits per heavy atom. The summed E-state index contributed by atoms with van der Waals surface area (Å²) in [5.74, 6) is 1.01. The second-order valence-corrected chi connectivity index (χ2v) is 12.1. The summed E-state index contributed by atoms with van der Waals surface area (Å²) in [6.45, 7) is 15.0. The van der Waals surface area contributed by atoms with Crippen molar-refractivity contribution in [2.45, 2.75) is 91.9 Å². The van der Waals surface area contributed by atoms with Gasteiger partial charge in [0.1, 0.15) is 17.5 Å². The van der Waals surface area contributed by atoms with Gasteiger partial charge in [0.05, 0.1) is 23.6 Å². The first kappa shape index (κ1) is 31.2. The highest BCUT2D eigenvalue weighted by molar-refractivity contribution is 6.32. The van der Waals surface area contributed by atoms with Gasteiger partial charge in [0.15, 0.2) is 0 Å². The van der Waals surface area contributed by atoms with Crippen molar-refractivity contribution >= 4 is 23.7 Å². The second-order valence-electron chi connectivity index (χ2n) is 11.7. The Hall–Kier alpha value is -1.99. The van der Waals surface area contributed by atoms with Crippen LogP contribution in [-0.2, 0) is 25.4 Å². The molecule has 1 aliphatic rings. The van der Waals surface area contributed by atoms with Gasteiger partial charge in [-0.25, -0.2) is 4.79 Å². The van der Waals surface area contributed by atoms with Gasteiger partial charge >= 0.3 is 12.1 Å². The van der Waals surface area contributed by atoms with E-state index in [-0.39, 0.29) is 29.8 Å². The summed E-state index contributed by atoms with van der Waals surface area (Å²) in [5, 5.41) is 3.60. The van der Waals surface area contributed by atoms with Gasteiger partial charge in [0, 0.05) is 20.1 Å². The Kier molecular flexibility index (Phi) is 12.0. The molecule has 1 aromatic rings. The van der Waals surface area contributed by atoms with Crippen LogP contribution in [0.15, 0.2) is 18.2 Å². The van der Waals surface area contributed by atoms with E-state index in [1.165, 1.54) is 0 Å². The van der Waals surface area contributed by atoms with E-state index in [2.05, 4.69) is 19.2 Å². The SMILES string of the molecule is COCCCOc1cc(CC(CC(NC(=O)OC(C)(C)C)C2CC(C(C)C)C(=O)O2)C(C)C)ccc1Cl. The van der Waals surface area contributed by atoms with E-state index in [1.807, 2.05) is 52.8 Å². The molecule has 0 radical (unpaired) electrons. The lowest BCUT2D eigenvalue weighted by atomic mass is 9.81. The van der Waals surface area contributed by atoms with E-state index in [4.69, 9.17) is 30.5 Å². The second kappa shape index (κ2) is 14.2. The van der Waals surface area contributed by atoms with Crippen LogP contribution in [0, 0.1) is 23.7 Å². The lowest BCUT2D eigenvalue weighted by Gasteiger charge is -2.31. The van der Waals surface area contributed by atoms with Crippen molar-refractivity contribution < 1.29 is 28.5 Å². The fraction of sp³-hybridized carbons (Fsp3) is 0.724. The van der Waals surface area contributed by atoms with Crippen molar-refractivity contribution in [2.75, 3.05) is 20.3 Å². The number of carbonyl (C=O) groups excluding carboxylic acids is 2. The number of rotatable bonds is 13.